The Morgan fingerprint density at radius 3 is 2.13 bits per heavy atom. The van der Waals surface area contributed by atoms with E-state index < -0.39 is 20.0 Å². The summed E-state index contributed by atoms with van der Waals surface area (Å²) in [5.74, 6) is -0.335. The van der Waals surface area contributed by atoms with Crippen LogP contribution in [-0.2, 0) is 9.84 Å². The Balaban J connectivity index is 2.10. The quantitative estimate of drug-likeness (QED) is 0.914. The maximum atomic E-state index is 13.4. The zero-order valence-electron chi connectivity index (χ0n) is 12.9. The van der Waals surface area contributed by atoms with Crippen molar-refractivity contribution in [2.24, 2.45) is 5.92 Å². The Morgan fingerprint density at radius 1 is 1.04 bits per heavy atom. The first-order valence-corrected chi connectivity index (χ1v) is 9.99. The minimum atomic E-state index is -3.58. The molecule has 1 N–H and O–H groups in total. The molecule has 1 aliphatic rings. The van der Waals surface area contributed by atoms with E-state index in [1.54, 1.807) is 24.3 Å². The minimum Gasteiger partial charge on any atom is -0.393 e. The van der Waals surface area contributed by atoms with Gasteiger partial charge in [0.15, 0.2) is 9.84 Å². The Morgan fingerprint density at radius 2 is 1.61 bits per heavy atom. The lowest BCUT2D eigenvalue weighted by Crippen LogP contribution is -2.40. The third-order valence-corrected chi connectivity index (χ3v) is 9.32. The molecule has 0 radical (unpaired) electrons. The SMILES string of the molecule is C[C@@H]1[C@H](O)CC[C@@]1(Sc1ccccc1)S(=O)(=O)c1ccccc1. The van der Waals surface area contributed by atoms with Crippen molar-refractivity contribution in [2.45, 2.75) is 39.7 Å². The third-order valence-electron chi connectivity index (χ3n) is 4.60. The number of aliphatic hydroxyl groups excluding tert-OH is 1. The fourth-order valence-electron chi connectivity index (χ4n) is 3.18. The van der Waals surface area contributed by atoms with E-state index in [9.17, 15) is 13.5 Å². The number of hydrogen-bond donors (Lipinski definition) is 1. The predicted molar refractivity (Wildman–Crippen MR) is 93.1 cm³/mol. The first-order chi connectivity index (χ1) is 11.0. The Bertz CT molecular complexity index is 759. The summed E-state index contributed by atoms with van der Waals surface area (Å²) in [6.07, 6.45) is 0.365. The highest BCUT2D eigenvalue weighted by Gasteiger charge is 2.55. The van der Waals surface area contributed by atoms with Gasteiger partial charge in [-0.25, -0.2) is 8.42 Å². The number of rotatable bonds is 4. The van der Waals surface area contributed by atoms with Crippen LogP contribution in [0.2, 0.25) is 0 Å². The van der Waals surface area contributed by atoms with E-state index in [0.29, 0.717) is 17.7 Å². The van der Waals surface area contributed by atoms with Gasteiger partial charge in [-0.05, 0) is 37.1 Å². The highest BCUT2D eigenvalue weighted by molar-refractivity contribution is 8.14. The van der Waals surface area contributed by atoms with Gasteiger partial charge in [0.25, 0.3) is 0 Å². The van der Waals surface area contributed by atoms with E-state index in [2.05, 4.69) is 0 Å². The van der Waals surface area contributed by atoms with E-state index >= 15 is 0 Å². The molecule has 0 bridgehead atoms. The average Bonchev–Trinajstić information content (AvgIpc) is 2.86. The normalized spacial score (nSPS) is 27.9. The fourth-order valence-corrected chi connectivity index (χ4v) is 7.40. The second kappa shape index (κ2) is 6.30. The monoisotopic (exact) mass is 348 g/mol. The van der Waals surface area contributed by atoms with Crippen LogP contribution in [0.15, 0.2) is 70.5 Å². The maximum absolute atomic E-state index is 13.4. The van der Waals surface area contributed by atoms with E-state index in [1.807, 2.05) is 43.3 Å². The van der Waals surface area contributed by atoms with Gasteiger partial charge in [0.1, 0.15) is 4.08 Å². The van der Waals surface area contributed by atoms with E-state index in [1.165, 1.54) is 11.8 Å². The zero-order valence-corrected chi connectivity index (χ0v) is 14.6. The number of aliphatic hydroxyl groups is 1. The molecule has 5 heteroatoms. The molecule has 0 heterocycles. The first-order valence-electron chi connectivity index (χ1n) is 7.69. The molecule has 23 heavy (non-hydrogen) atoms. The van der Waals surface area contributed by atoms with Crippen LogP contribution in [0, 0.1) is 5.92 Å². The standard InChI is InChI=1S/C18H20O3S2/c1-14-17(19)12-13-18(14,22-15-8-4-2-5-9-15)23(20,21)16-10-6-3-7-11-16/h2-11,14,17,19H,12-13H2,1H3/t14-,17-,18-/m1/s1. The molecular formula is C18H20O3S2. The van der Waals surface area contributed by atoms with Gasteiger partial charge in [-0.15, -0.1) is 11.8 Å². The zero-order chi connectivity index (χ0) is 16.5. The van der Waals surface area contributed by atoms with Crippen LogP contribution in [0.5, 0.6) is 0 Å². The molecule has 2 aromatic rings. The summed E-state index contributed by atoms with van der Waals surface area (Å²) in [4.78, 5) is 1.23. The van der Waals surface area contributed by atoms with Crippen LogP contribution >= 0.6 is 11.8 Å². The number of hydrogen-bond acceptors (Lipinski definition) is 4. The van der Waals surface area contributed by atoms with Crippen LogP contribution < -0.4 is 0 Å². The van der Waals surface area contributed by atoms with Crippen LogP contribution in [0.3, 0.4) is 0 Å². The van der Waals surface area contributed by atoms with Crippen molar-refractivity contribution in [1.82, 2.24) is 0 Å². The molecule has 1 aliphatic carbocycles. The van der Waals surface area contributed by atoms with Crippen molar-refractivity contribution < 1.29 is 13.5 Å². The molecule has 0 amide bonds. The summed E-state index contributed by atoms with van der Waals surface area (Å²) in [6.45, 7) is 1.84. The molecule has 0 aromatic heterocycles. The van der Waals surface area contributed by atoms with Crippen molar-refractivity contribution in [2.75, 3.05) is 0 Å². The molecule has 0 spiro atoms. The lowest BCUT2D eigenvalue weighted by molar-refractivity contribution is 0.139. The Hall–Kier alpha value is -1.30. The smallest absolute Gasteiger partial charge is 0.194 e. The lowest BCUT2D eigenvalue weighted by atomic mass is 10.1. The summed E-state index contributed by atoms with van der Waals surface area (Å²) in [7, 11) is -3.58. The molecule has 3 atom stereocenters. The summed E-state index contributed by atoms with van der Waals surface area (Å²) in [6, 6.07) is 18.1. The Kier molecular flexibility index (Phi) is 4.54. The fraction of sp³-hybridized carbons (Fsp3) is 0.333. The highest BCUT2D eigenvalue weighted by atomic mass is 32.3. The number of benzene rings is 2. The van der Waals surface area contributed by atoms with Crippen LogP contribution in [0.4, 0.5) is 0 Å². The number of thioether (sulfide) groups is 1. The molecule has 3 nitrogen and oxygen atoms in total. The average molecular weight is 348 g/mol. The molecule has 1 fully saturated rings. The van der Waals surface area contributed by atoms with E-state index in [0.717, 1.165) is 4.90 Å². The van der Waals surface area contributed by atoms with Gasteiger partial charge >= 0.3 is 0 Å². The second-order valence-corrected chi connectivity index (χ2v) is 9.81. The molecule has 122 valence electrons. The highest BCUT2D eigenvalue weighted by Crippen LogP contribution is 2.54. The van der Waals surface area contributed by atoms with Gasteiger partial charge in [-0.3, -0.25) is 0 Å². The Labute approximate surface area is 141 Å². The van der Waals surface area contributed by atoms with Gasteiger partial charge < -0.3 is 5.11 Å². The molecule has 2 aromatic carbocycles. The molecule has 0 aliphatic heterocycles. The third kappa shape index (κ3) is 2.82. The summed E-state index contributed by atoms with van der Waals surface area (Å²) in [5, 5.41) is 10.2. The van der Waals surface area contributed by atoms with Gasteiger partial charge in [-0.2, -0.15) is 0 Å². The van der Waals surface area contributed by atoms with Crippen molar-refractivity contribution >= 4 is 21.6 Å². The van der Waals surface area contributed by atoms with Crippen molar-refractivity contribution in [1.29, 1.82) is 0 Å². The second-order valence-electron chi connectivity index (χ2n) is 5.94. The van der Waals surface area contributed by atoms with Crippen molar-refractivity contribution in [3.63, 3.8) is 0 Å². The van der Waals surface area contributed by atoms with Crippen molar-refractivity contribution in [3.05, 3.63) is 60.7 Å². The van der Waals surface area contributed by atoms with Gasteiger partial charge in [0.05, 0.1) is 11.0 Å². The summed E-state index contributed by atoms with van der Waals surface area (Å²) in [5.41, 5.74) is 0. The van der Waals surface area contributed by atoms with Gasteiger partial charge in [-0.1, -0.05) is 43.3 Å². The van der Waals surface area contributed by atoms with Crippen molar-refractivity contribution in [3.8, 4) is 0 Å². The van der Waals surface area contributed by atoms with Crippen LogP contribution in [0.25, 0.3) is 0 Å². The van der Waals surface area contributed by atoms with E-state index in [-0.39, 0.29) is 5.92 Å². The molecule has 1 saturated carbocycles. The first kappa shape index (κ1) is 16.6. The number of sulfone groups is 1. The molecule has 0 unspecified atom stereocenters. The summed E-state index contributed by atoms with van der Waals surface area (Å²) < 4.78 is 25.7. The van der Waals surface area contributed by atoms with Gasteiger partial charge in [0.2, 0.25) is 0 Å². The maximum Gasteiger partial charge on any atom is 0.194 e. The predicted octanol–water partition coefficient (Wildman–Crippen LogP) is 3.74. The molecule has 3 rings (SSSR count). The minimum absolute atomic E-state index is 0.324. The van der Waals surface area contributed by atoms with Gasteiger partial charge in [0, 0.05) is 10.8 Å². The topological polar surface area (TPSA) is 54.4 Å². The molecule has 0 saturated heterocycles. The van der Waals surface area contributed by atoms with E-state index in [4.69, 9.17) is 0 Å². The largest absolute Gasteiger partial charge is 0.393 e. The van der Waals surface area contributed by atoms with Crippen LogP contribution in [-0.4, -0.2) is 23.7 Å². The van der Waals surface area contributed by atoms with Crippen LogP contribution in [0.1, 0.15) is 19.8 Å². The lowest BCUT2D eigenvalue weighted by Gasteiger charge is -2.33. The molecular weight excluding hydrogens is 328 g/mol. The summed E-state index contributed by atoms with van der Waals surface area (Å²) >= 11 is 1.36.